The summed E-state index contributed by atoms with van der Waals surface area (Å²) in [5.74, 6) is -0.0456. The zero-order valence-corrected chi connectivity index (χ0v) is 14.5. The highest BCUT2D eigenvalue weighted by Gasteiger charge is 2.14. The SMILES string of the molecule is COc1ccc(CN(C)C(=O)Cn2nnc(-c3ccccc3)n2)cc1F. The molecule has 0 fully saturated rings. The van der Waals surface area contributed by atoms with Crippen LogP contribution in [0.15, 0.2) is 48.5 Å². The van der Waals surface area contributed by atoms with Crippen molar-refractivity contribution < 1.29 is 13.9 Å². The minimum absolute atomic E-state index is 0.0467. The topological polar surface area (TPSA) is 73.1 Å². The van der Waals surface area contributed by atoms with Crippen LogP contribution in [0.1, 0.15) is 5.56 Å². The summed E-state index contributed by atoms with van der Waals surface area (Å²) >= 11 is 0. The molecule has 134 valence electrons. The predicted octanol–water partition coefficient (Wildman–Crippen LogP) is 2.15. The van der Waals surface area contributed by atoms with Crippen molar-refractivity contribution in [2.45, 2.75) is 13.1 Å². The Morgan fingerprint density at radius 1 is 1.23 bits per heavy atom. The van der Waals surface area contributed by atoms with Gasteiger partial charge in [0.15, 0.2) is 11.6 Å². The second-order valence-electron chi connectivity index (χ2n) is 5.73. The molecule has 1 aromatic heterocycles. The summed E-state index contributed by atoms with van der Waals surface area (Å²) in [4.78, 5) is 15.1. The van der Waals surface area contributed by atoms with E-state index in [0.29, 0.717) is 11.4 Å². The van der Waals surface area contributed by atoms with Gasteiger partial charge in [-0.1, -0.05) is 36.4 Å². The molecule has 2 aromatic carbocycles. The van der Waals surface area contributed by atoms with Crippen molar-refractivity contribution in [2.24, 2.45) is 0 Å². The molecule has 0 aliphatic heterocycles. The number of tetrazole rings is 1. The lowest BCUT2D eigenvalue weighted by molar-refractivity contribution is -0.131. The molecule has 3 aromatic rings. The monoisotopic (exact) mass is 355 g/mol. The van der Waals surface area contributed by atoms with Gasteiger partial charge in [-0.3, -0.25) is 4.79 Å². The molecule has 0 saturated carbocycles. The molecule has 0 aliphatic rings. The molecule has 0 bridgehead atoms. The van der Waals surface area contributed by atoms with E-state index in [2.05, 4.69) is 15.4 Å². The number of likely N-dealkylation sites (N-methyl/N-ethyl adjacent to an activating group) is 1. The number of methoxy groups -OCH3 is 1. The third-order valence-corrected chi connectivity index (χ3v) is 3.82. The summed E-state index contributed by atoms with van der Waals surface area (Å²) in [5.41, 5.74) is 1.49. The standard InChI is InChI=1S/C18H18FN5O2/c1-23(11-13-8-9-16(26-2)15(19)10-13)17(25)12-24-21-18(20-22-24)14-6-4-3-5-7-14/h3-10H,11-12H2,1-2H3. The lowest BCUT2D eigenvalue weighted by Crippen LogP contribution is -2.30. The van der Waals surface area contributed by atoms with E-state index in [-0.39, 0.29) is 24.7 Å². The van der Waals surface area contributed by atoms with Gasteiger partial charge in [-0.15, -0.1) is 10.2 Å². The van der Waals surface area contributed by atoms with Crippen molar-refractivity contribution in [3.8, 4) is 17.1 Å². The van der Waals surface area contributed by atoms with Crippen molar-refractivity contribution in [3.63, 3.8) is 0 Å². The van der Waals surface area contributed by atoms with E-state index in [1.807, 2.05) is 30.3 Å². The smallest absolute Gasteiger partial charge is 0.246 e. The number of aromatic nitrogens is 4. The van der Waals surface area contributed by atoms with Gasteiger partial charge in [-0.25, -0.2) is 4.39 Å². The van der Waals surface area contributed by atoms with E-state index in [1.54, 1.807) is 13.1 Å². The molecule has 0 atom stereocenters. The van der Waals surface area contributed by atoms with Gasteiger partial charge in [-0.2, -0.15) is 4.80 Å². The average Bonchev–Trinajstić information content (AvgIpc) is 3.11. The predicted molar refractivity (Wildman–Crippen MR) is 92.7 cm³/mol. The maximum Gasteiger partial charge on any atom is 0.246 e. The van der Waals surface area contributed by atoms with Crippen LogP contribution in [0.25, 0.3) is 11.4 Å². The van der Waals surface area contributed by atoms with Crippen molar-refractivity contribution in [1.29, 1.82) is 0 Å². The molecule has 7 nitrogen and oxygen atoms in total. The van der Waals surface area contributed by atoms with Gasteiger partial charge in [0.25, 0.3) is 0 Å². The fraction of sp³-hybridized carbons (Fsp3) is 0.222. The van der Waals surface area contributed by atoms with Gasteiger partial charge in [0.05, 0.1) is 7.11 Å². The van der Waals surface area contributed by atoms with Crippen molar-refractivity contribution in [1.82, 2.24) is 25.1 Å². The largest absolute Gasteiger partial charge is 0.494 e. The van der Waals surface area contributed by atoms with Crippen LogP contribution >= 0.6 is 0 Å². The molecule has 0 spiro atoms. The second-order valence-corrected chi connectivity index (χ2v) is 5.73. The first-order chi connectivity index (χ1) is 12.6. The van der Waals surface area contributed by atoms with Crippen LogP contribution in [0.4, 0.5) is 4.39 Å². The molecule has 1 heterocycles. The molecule has 1 amide bonds. The Labute approximate surface area is 150 Å². The number of nitrogens with zero attached hydrogens (tertiary/aromatic N) is 5. The second kappa shape index (κ2) is 7.73. The maximum atomic E-state index is 13.8. The van der Waals surface area contributed by atoms with Crippen LogP contribution in [0.2, 0.25) is 0 Å². The third-order valence-electron chi connectivity index (χ3n) is 3.82. The summed E-state index contributed by atoms with van der Waals surface area (Å²) in [6.07, 6.45) is 0. The lowest BCUT2D eigenvalue weighted by atomic mass is 10.2. The molecule has 26 heavy (non-hydrogen) atoms. The van der Waals surface area contributed by atoms with Crippen LogP contribution in [-0.4, -0.2) is 45.2 Å². The lowest BCUT2D eigenvalue weighted by Gasteiger charge is -2.17. The van der Waals surface area contributed by atoms with Crippen LogP contribution in [0, 0.1) is 5.82 Å². The summed E-state index contributed by atoms with van der Waals surface area (Å²) in [5, 5.41) is 12.1. The zero-order valence-electron chi connectivity index (χ0n) is 14.5. The molecular formula is C18H18FN5O2. The van der Waals surface area contributed by atoms with E-state index in [9.17, 15) is 9.18 Å². The van der Waals surface area contributed by atoms with Gasteiger partial charge < -0.3 is 9.64 Å². The first-order valence-corrected chi connectivity index (χ1v) is 7.96. The summed E-state index contributed by atoms with van der Waals surface area (Å²) in [7, 11) is 3.04. The number of ether oxygens (including phenoxy) is 1. The Morgan fingerprint density at radius 3 is 2.69 bits per heavy atom. The van der Waals surface area contributed by atoms with Crippen molar-refractivity contribution >= 4 is 5.91 Å². The summed E-state index contributed by atoms with van der Waals surface area (Å²) in [6, 6.07) is 14.0. The molecule has 0 aliphatic carbocycles. The quantitative estimate of drug-likeness (QED) is 0.677. The first kappa shape index (κ1) is 17.5. The van der Waals surface area contributed by atoms with Crippen LogP contribution in [0.3, 0.4) is 0 Å². The zero-order chi connectivity index (χ0) is 18.5. The summed E-state index contributed by atoms with van der Waals surface area (Å²) in [6.45, 7) is 0.217. The van der Waals surface area contributed by atoms with Crippen LogP contribution < -0.4 is 4.74 Å². The Hall–Kier alpha value is -3.29. The minimum Gasteiger partial charge on any atom is -0.494 e. The van der Waals surface area contributed by atoms with Crippen molar-refractivity contribution in [2.75, 3.05) is 14.2 Å². The highest BCUT2D eigenvalue weighted by atomic mass is 19.1. The van der Waals surface area contributed by atoms with E-state index < -0.39 is 5.82 Å². The minimum atomic E-state index is -0.462. The highest BCUT2D eigenvalue weighted by molar-refractivity contribution is 5.75. The van der Waals surface area contributed by atoms with E-state index in [1.165, 1.54) is 28.9 Å². The van der Waals surface area contributed by atoms with Crippen molar-refractivity contribution in [3.05, 3.63) is 59.9 Å². The maximum absolute atomic E-state index is 13.8. The number of rotatable bonds is 6. The Kier molecular flexibility index (Phi) is 5.21. The Morgan fingerprint density at radius 2 is 2.00 bits per heavy atom. The van der Waals surface area contributed by atoms with Gasteiger partial charge in [0, 0.05) is 19.2 Å². The third kappa shape index (κ3) is 4.02. The Bertz CT molecular complexity index is 898. The highest BCUT2D eigenvalue weighted by Crippen LogP contribution is 2.18. The normalized spacial score (nSPS) is 10.6. The molecule has 0 unspecified atom stereocenters. The van der Waals surface area contributed by atoms with Crippen LogP contribution in [0.5, 0.6) is 5.75 Å². The first-order valence-electron chi connectivity index (χ1n) is 7.96. The van der Waals surface area contributed by atoms with Gasteiger partial charge in [0.1, 0.15) is 6.54 Å². The number of benzene rings is 2. The molecule has 3 rings (SSSR count). The van der Waals surface area contributed by atoms with E-state index >= 15 is 0 Å². The van der Waals surface area contributed by atoms with E-state index in [0.717, 1.165) is 5.56 Å². The number of halogens is 1. The average molecular weight is 355 g/mol. The fourth-order valence-corrected chi connectivity index (χ4v) is 2.42. The number of hydrogen-bond donors (Lipinski definition) is 0. The Balaban J connectivity index is 1.63. The number of amides is 1. The van der Waals surface area contributed by atoms with E-state index in [4.69, 9.17) is 4.74 Å². The number of carbonyl (C=O) groups is 1. The fourth-order valence-electron chi connectivity index (χ4n) is 2.42. The molecule has 0 N–H and O–H groups in total. The molecule has 8 heteroatoms. The summed E-state index contributed by atoms with van der Waals surface area (Å²) < 4.78 is 18.6. The molecular weight excluding hydrogens is 337 g/mol. The number of carbonyl (C=O) groups excluding carboxylic acids is 1. The van der Waals surface area contributed by atoms with Gasteiger partial charge >= 0.3 is 0 Å². The molecule has 0 radical (unpaired) electrons. The van der Waals surface area contributed by atoms with Crippen LogP contribution in [-0.2, 0) is 17.9 Å². The number of hydrogen-bond acceptors (Lipinski definition) is 5. The van der Waals surface area contributed by atoms with Gasteiger partial charge in [0.2, 0.25) is 11.7 Å². The van der Waals surface area contributed by atoms with Gasteiger partial charge in [-0.05, 0) is 22.9 Å². The molecule has 0 saturated heterocycles.